The Balaban J connectivity index is 2.08. The first-order valence-electron chi connectivity index (χ1n) is 6.62. The summed E-state index contributed by atoms with van der Waals surface area (Å²) in [5.41, 5.74) is 0.775. The van der Waals surface area contributed by atoms with E-state index in [4.69, 9.17) is 5.26 Å². The maximum Gasteiger partial charge on any atom is 0.307 e. The molecule has 0 N–H and O–H groups in total. The molecule has 0 aliphatic heterocycles. The molecular formula is C15H14N2O3S2. The topological polar surface area (TPSA) is 79.9 Å². The molecule has 114 valence electrons. The highest BCUT2D eigenvalue weighted by Gasteiger charge is 2.28. The second-order valence-corrected chi connectivity index (χ2v) is 6.96. The molecule has 2 heterocycles. The molecule has 0 aromatic carbocycles. The monoisotopic (exact) mass is 334 g/mol. The van der Waals surface area contributed by atoms with Gasteiger partial charge in [0.15, 0.2) is 17.5 Å². The highest BCUT2D eigenvalue weighted by atomic mass is 32.1. The number of hydrogen-bond donors (Lipinski definition) is 0. The van der Waals surface area contributed by atoms with Crippen molar-refractivity contribution in [3.05, 3.63) is 42.6 Å². The molecule has 22 heavy (non-hydrogen) atoms. The molecule has 0 aliphatic rings. The first-order chi connectivity index (χ1) is 10.4. The van der Waals surface area contributed by atoms with E-state index in [0.717, 1.165) is 21.9 Å². The number of nitriles is 1. The summed E-state index contributed by atoms with van der Waals surface area (Å²) >= 11 is 2.34. The molecule has 0 saturated carbocycles. The number of nitrogens with zero attached hydrogens (tertiary/aromatic N) is 2. The predicted molar refractivity (Wildman–Crippen MR) is 85.4 cm³/mol. The lowest BCUT2D eigenvalue weighted by molar-refractivity contribution is -0.120. The lowest BCUT2D eigenvalue weighted by atomic mass is 9.97. The average Bonchev–Trinajstić information content (AvgIpc) is 3.04. The average molecular weight is 334 g/mol. The lowest BCUT2D eigenvalue weighted by Gasteiger charge is -2.07. The van der Waals surface area contributed by atoms with E-state index in [0.29, 0.717) is 4.88 Å². The van der Waals surface area contributed by atoms with Crippen molar-refractivity contribution in [2.24, 2.45) is 5.92 Å². The fraction of sp³-hybridized carbons (Fsp3) is 0.333. The van der Waals surface area contributed by atoms with Crippen molar-refractivity contribution in [1.29, 1.82) is 5.26 Å². The zero-order valence-corrected chi connectivity index (χ0v) is 13.8. The second-order valence-electron chi connectivity index (χ2n) is 4.85. The Kier molecular flexibility index (Phi) is 5.06. The second kappa shape index (κ2) is 6.81. The molecule has 0 radical (unpaired) electrons. The number of Topliss-reactive ketones (excluding diaryl/α,β-unsaturated/α-hetero) is 2. The molecule has 5 nitrogen and oxygen atoms in total. The Bertz CT molecular complexity index is 807. The van der Waals surface area contributed by atoms with E-state index in [-0.39, 0.29) is 17.8 Å². The summed E-state index contributed by atoms with van der Waals surface area (Å²) in [6.45, 7) is 3.84. The van der Waals surface area contributed by atoms with Crippen LogP contribution < -0.4 is 4.87 Å². The third-order valence-corrected chi connectivity index (χ3v) is 5.15. The van der Waals surface area contributed by atoms with Gasteiger partial charge in [0, 0.05) is 28.9 Å². The number of rotatable bonds is 6. The molecule has 0 amide bonds. The number of hydrogen-bond acceptors (Lipinski definition) is 6. The summed E-state index contributed by atoms with van der Waals surface area (Å²) in [6, 6.07) is 5.21. The van der Waals surface area contributed by atoms with Gasteiger partial charge < -0.3 is 4.57 Å². The van der Waals surface area contributed by atoms with E-state index in [9.17, 15) is 14.4 Å². The molecule has 2 aromatic rings. The highest BCUT2D eigenvalue weighted by Crippen LogP contribution is 2.20. The smallest absolute Gasteiger partial charge is 0.303 e. The fourth-order valence-electron chi connectivity index (χ4n) is 2.03. The van der Waals surface area contributed by atoms with Crippen LogP contribution in [0.5, 0.6) is 0 Å². The summed E-state index contributed by atoms with van der Waals surface area (Å²) in [5.74, 6) is -2.20. The van der Waals surface area contributed by atoms with Gasteiger partial charge in [-0.25, -0.2) is 0 Å². The number of carbonyl (C=O) groups is 2. The van der Waals surface area contributed by atoms with Crippen LogP contribution in [0.3, 0.4) is 0 Å². The van der Waals surface area contributed by atoms with E-state index in [1.54, 1.807) is 30.5 Å². The third kappa shape index (κ3) is 3.40. The quantitative estimate of drug-likeness (QED) is 0.601. The Labute approximate surface area is 135 Å². The van der Waals surface area contributed by atoms with E-state index >= 15 is 0 Å². The van der Waals surface area contributed by atoms with E-state index < -0.39 is 17.5 Å². The third-order valence-electron chi connectivity index (χ3n) is 3.25. The maximum atomic E-state index is 12.2. The van der Waals surface area contributed by atoms with Crippen LogP contribution in [-0.4, -0.2) is 16.1 Å². The molecular weight excluding hydrogens is 320 g/mol. The first kappa shape index (κ1) is 16.3. The van der Waals surface area contributed by atoms with Gasteiger partial charge in [-0.3, -0.25) is 14.4 Å². The zero-order valence-electron chi connectivity index (χ0n) is 12.2. The molecule has 7 heteroatoms. The van der Waals surface area contributed by atoms with Crippen LogP contribution >= 0.6 is 22.7 Å². The van der Waals surface area contributed by atoms with E-state index in [1.165, 1.54) is 15.9 Å². The minimum absolute atomic E-state index is 0.00813. The Morgan fingerprint density at radius 3 is 2.59 bits per heavy atom. The van der Waals surface area contributed by atoms with Crippen molar-refractivity contribution in [2.75, 3.05) is 0 Å². The molecule has 0 fully saturated rings. The van der Waals surface area contributed by atoms with Crippen LogP contribution in [0.25, 0.3) is 0 Å². The first-order valence-corrected chi connectivity index (χ1v) is 8.31. The van der Waals surface area contributed by atoms with Crippen LogP contribution in [0.1, 0.15) is 26.7 Å². The van der Waals surface area contributed by atoms with E-state index in [2.05, 4.69) is 0 Å². The minimum Gasteiger partial charge on any atom is -0.303 e. The number of ketones is 2. The van der Waals surface area contributed by atoms with Crippen molar-refractivity contribution in [3.8, 4) is 6.07 Å². The molecule has 2 rings (SSSR count). The standard InChI is InChI=1S/C15H14N2O3S2/c1-9-8-21-15(20)17(9)6-5-12(18)11(7-16)14(19)13-4-3-10(2)22-13/h3-4,8,11H,5-6H2,1-2H3/t11-/m1/s1. The van der Waals surface area contributed by atoms with Crippen molar-refractivity contribution in [1.82, 2.24) is 4.57 Å². The fourth-order valence-corrected chi connectivity index (χ4v) is 3.63. The Hall–Kier alpha value is -2.04. The number of aryl methyl sites for hydroxylation is 2. The van der Waals surface area contributed by atoms with Gasteiger partial charge in [0.25, 0.3) is 0 Å². The summed E-state index contributed by atoms with van der Waals surface area (Å²) in [7, 11) is 0. The maximum absolute atomic E-state index is 12.2. The van der Waals surface area contributed by atoms with Crippen LogP contribution in [0, 0.1) is 31.1 Å². The number of carbonyl (C=O) groups excluding carboxylic acids is 2. The van der Waals surface area contributed by atoms with Crippen LogP contribution in [-0.2, 0) is 11.3 Å². The highest BCUT2D eigenvalue weighted by molar-refractivity contribution is 7.14. The largest absolute Gasteiger partial charge is 0.307 e. The molecule has 0 bridgehead atoms. The minimum atomic E-state index is -1.30. The van der Waals surface area contributed by atoms with Gasteiger partial charge in [0.05, 0.1) is 10.9 Å². The molecule has 2 aromatic heterocycles. The summed E-state index contributed by atoms with van der Waals surface area (Å²) < 4.78 is 1.48. The van der Waals surface area contributed by atoms with Crippen LogP contribution in [0.4, 0.5) is 0 Å². The normalized spacial score (nSPS) is 11.9. The number of aromatic nitrogens is 1. The van der Waals surface area contributed by atoms with Crippen molar-refractivity contribution in [2.45, 2.75) is 26.8 Å². The van der Waals surface area contributed by atoms with Crippen molar-refractivity contribution >= 4 is 34.2 Å². The van der Waals surface area contributed by atoms with E-state index in [1.807, 2.05) is 6.92 Å². The van der Waals surface area contributed by atoms with Crippen LogP contribution in [0.2, 0.25) is 0 Å². The summed E-state index contributed by atoms with van der Waals surface area (Å²) in [4.78, 5) is 37.2. The Morgan fingerprint density at radius 1 is 1.36 bits per heavy atom. The van der Waals surface area contributed by atoms with Gasteiger partial charge in [-0.15, -0.1) is 11.3 Å². The predicted octanol–water partition coefficient (Wildman–Crippen LogP) is 2.57. The number of thiophene rings is 1. The summed E-state index contributed by atoms with van der Waals surface area (Å²) in [6.07, 6.45) is -0.00813. The van der Waals surface area contributed by atoms with Gasteiger partial charge >= 0.3 is 4.87 Å². The summed E-state index contributed by atoms with van der Waals surface area (Å²) in [5, 5.41) is 10.9. The molecule has 0 spiro atoms. The van der Waals surface area contributed by atoms with Gasteiger partial charge in [-0.2, -0.15) is 5.26 Å². The SMILES string of the molecule is Cc1ccc(C(=O)[C@H](C#N)C(=O)CCn2c(C)csc2=O)s1. The molecule has 0 saturated heterocycles. The van der Waals surface area contributed by atoms with Gasteiger partial charge in [0.1, 0.15) is 0 Å². The number of thiazole rings is 1. The van der Waals surface area contributed by atoms with Gasteiger partial charge in [0.2, 0.25) is 0 Å². The van der Waals surface area contributed by atoms with Crippen molar-refractivity contribution < 1.29 is 9.59 Å². The molecule has 1 atom stereocenters. The lowest BCUT2D eigenvalue weighted by Crippen LogP contribution is -2.25. The van der Waals surface area contributed by atoms with Crippen LogP contribution in [0.15, 0.2) is 22.3 Å². The van der Waals surface area contributed by atoms with Gasteiger partial charge in [-0.1, -0.05) is 11.3 Å². The Morgan fingerprint density at radius 2 is 2.09 bits per heavy atom. The van der Waals surface area contributed by atoms with Crippen molar-refractivity contribution in [3.63, 3.8) is 0 Å². The zero-order chi connectivity index (χ0) is 16.3. The molecule has 0 aliphatic carbocycles. The van der Waals surface area contributed by atoms with Gasteiger partial charge in [-0.05, 0) is 26.0 Å². The molecule has 0 unspecified atom stereocenters.